The molecule has 12 heteroatoms. The van der Waals surface area contributed by atoms with Crippen molar-refractivity contribution in [1.29, 1.82) is 0 Å². The normalized spacial score (nSPS) is 17.0. The summed E-state index contributed by atoms with van der Waals surface area (Å²) in [6.45, 7) is 2.87. The monoisotopic (exact) mass is 593 g/mol. The van der Waals surface area contributed by atoms with Gasteiger partial charge in [0, 0.05) is 29.8 Å². The predicted molar refractivity (Wildman–Crippen MR) is 145 cm³/mol. The molecule has 0 saturated carbocycles. The Morgan fingerprint density at radius 2 is 1.90 bits per heavy atom. The molecular weight excluding hydrogens is 569 g/mol. The number of rotatable bonds is 7. The number of nitrogens with zero attached hydrogens (tertiary/aromatic N) is 6. The Balaban J connectivity index is 1.41. The van der Waals surface area contributed by atoms with Crippen molar-refractivity contribution in [3.8, 4) is 11.1 Å². The van der Waals surface area contributed by atoms with E-state index in [0.29, 0.717) is 27.5 Å². The van der Waals surface area contributed by atoms with E-state index in [-0.39, 0.29) is 31.7 Å². The molecule has 5 rings (SSSR count). The van der Waals surface area contributed by atoms with Crippen LogP contribution in [-0.2, 0) is 27.3 Å². The number of hydrogen-bond donors (Lipinski definition) is 1. The molecule has 0 spiro atoms. The lowest BCUT2D eigenvalue weighted by Gasteiger charge is -2.23. The molecule has 2 amide bonds. The highest BCUT2D eigenvalue weighted by Crippen LogP contribution is 2.28. The van der Waals surface area contributed by atoms with Gasteiger partial charge < -0.3 is 10.2 Å². The number of nitrogens with one attached hydrogen (secondary N) is 1. The summed E-state index contributed by atoms with van der Waals surface area (Å²) in [6, 6.07) is 9.63. The quantitative estimate of drug-likeness (QED) is 0.324. The maximum absolute atomic E-state index is 14.5. The molecule has 1 aliphatic rings. The zero-order chi connectivity index (χ0) is 27.7. The van der Waals surface area contributed by atoms with Crippen molar-refractivity contribution in [2.75, 3.05) is 11.9 Å². The highest BCUT2D eigenvalue weighted by atomic mass is 79.9. The molecule has 3 aromatic heterocycles. The SMILES string of the molecule is CC(=O)Cc1nn(CC(=O)N2C[C@H](F)C[C@H]2C(=O)Nc2cccc(Br)n2)c2ccc(-c3cnc(C)nc3)cc12. The van der Waals surface area contributed by atoms with E-state index < -0.39 is 24.0 Å². The van der Waals surface area contributed by atoms with Crippen LogP contribution in [0.5, 0.6) is 0 Å². The number of aromatic nitrogens is 5. The van der Waals surface area contributed by atoms with Gasteiger partial charge >= 0.3 is 0 Å². The van der Waals surface area contributed by atoms with Crippen molar-refractivity contribution in [3.63, 3.8) is 0 Å². The van der Waals surface area contributed by atoms with Crippen LogP contribution in [0.3, 0.4) is 0 Å². The number of halogens is 2. The Labute approximate surface area is 231 Å². The first-order chi connectivity index (χ1) is 18.7. The Hall–Kier alpha value is -4.06. The summed E-state index contributed by atoms with van der Waals surface area (Å²) in [7, 11) is 0. The van der Waals surface area contributed by atoms with Gasteiger partial charge in [0.05, 0.1) is 24.2 Å². The largest absolute Gasteiger partial charge is 0.326 e. The van der Waals surface area contributed by atoms with E-state index in [9.17, 15) is 18.8 Å². The van der Waals surface area contributed by atoms with Crippen LogP contribution in [0.1, 0.15) is 24.9 Å². The molecule has 1 N–H and O–H groups in total. The van der Waals surface area contributed by atoms with Gasteiger partial charge in [-0.3, -0.25) is 19.1 Å². The Morgan fingerprint density at radius 3 is 2.62 bits per heavy atom. The molecule has 1 saturated heterocycles. The number of likely N-dealkylation sites (tertiary alicyclic amines) is 1. The zero-order valence-electron chi connectivity index (χ0n) is 21.3. The molecule has 1 aromatic carbocycles. The number of benzene rings is 1. The minimum atomic E-state index is -1.33. The molecule has 4 aromatic rings. The van der Waals surface area contributed by atoms with Gasteiger partial charge in [0.2, 0.25) is 11.8 Å². The van der Waals surface area contributed by atoms with E-state index in [1.54, 1.807) is 37.5 Å². The summed E-state index contributed by atoms with van der Waals surface area (Å²) in [5.74, 6) is -0.0878. The number of aryl methyl sites for hydroxylation is 1. The van der Waals surface area contributed by atoms with Crippen molar-refractivity contribution in [2.45, 2.75) is 45.4 Å². The second-order valence-corrected chi connectivity index (χ2v) is 10.3. The number of carbonyl (C=O) groups excluding carboxylic acids is 3. The second kappa shape index (κ2) is 11.0. The molecule has 1 aliphatic heterocycles. The summed E-state index contributed by atoms with van der Waals surface area (Å²) in [6.07, 6.45) is 2.09. The first-order valence-corrected chi connectivity index (χ1v) is 13.1. The fourth-order valence-electron chi connectivity index (χ4n) is 4.67. The molecule has 10 nitrogen and oxygen atoms in total. The van der Waals surface area contributed by atoms with E-state index in [2.05, 4.69) is 41.3 Å². The molecule has 0 radical (unpaired) electrons. The average molecular weight is 594 g/mol. The number of pyridine rings is 1. The van der Waals surface area contributed by atoms with Gasteiger partial charge in [-0.25, -0.2) is 19.3 Å². The van der Waals surface area contributed by atoms with Gasteiger partial charge in [0.1, 0.15) is 40.8 Å². The fourth-order valence-corrected chi connectivity index (χ4v) is 5.01. The van der Waals surface area contributed by atoms with Crippen LogP contribution >= 0.6 is 15.9 Å². The second-order valence-electron chi connectivity index (χ2n) is 9.46. The van der Waals surface area contributed by atoms with Crippen LogP contribution in [0.2, 0.25) is 0 Å². The summed E-state index contributed by atoms with van der Waals surface area (Å²) in [5.41, 5.74) is 2.82. The summed E-state index contributed by atoms with van der Waals surface area (Å²) in [4.78, 5) is 52.2. The number of alkyl halides is 1. The molecule has 2 atom stereocenters. The summed E-state index contributed by atoms with van der Waals surface area (Å²) in [5, 5.41) is 7.95. The van der Waals surface area contributed by atoms with Crippen molar-refractivity contribution in [1.82, 2.24) is 29.6 Å². The molecule has 4 heterocycles. The molecule has 0 bridgehead atoms. The highest BCUT2D eigenvalue weighted by molar-refractivity contribution is 9.10. The number of amides is 2. The maximum atomic E-state index is 14.5. The standard InChI is InChI=1S/C27H25BrFN7O3/c1-15(37)8-21-20-9-17(18-11-30-16(2)31-12-18)6-7-22(20)36(34-21)14-26(38)35-13-19(29)10-23(35)27(39)33-25-5-3-4-24(28)32-25/h3-7,9,11-12,19,23H,8,10,13-14H2,1-2H3,(H,32,33,39)/t19-,23+/m1/s1. The van der Waals surface area contributed by atoms with Crippen molar-refractivity contribution in [3.05, 3.63) is 64.9 Å². The van der Waals surface area contributed by atoms with Gasteiger partial charge in [0.15, 0.2) is 0 Å². The third-order valence-corrected chi connectivity index (χ3v) is 6.92. The third kappa shape index (κ3) is 5.85. The summed E-state index contributed by atoms with van der Waals surface area (Å²) >= 11 is 3.25. The average Bonchev–Trinajstić information content (AvgIpc) is 3.44. The summed E-state index contributed by atoms with van der Waals surface area (Å²) < 4.78 is 16.5. The highest BCUT2D eigenvalue weighted by Gasteiger charge is 2.40. The lowest BCUT2D eigenvalue weighted by Crippen LogP contribution is -2.44. The van der Waals surface area contributed by atoms with Crippen LogP contribution in [0.15, 0.2) is 53.4 Å². The van der Waals surface area contributed by atoms with Crippen LogP contribution in [0.25, 0.3) is 22.0 Å². The van der Waals surface area contributed by atoms with Gasteiger partial charge in [0.25, 0.3) is 0 Å². The Kier molecular flexibility index (Phi) is 7.47. The van der Waals surface area contributed by atoms with E-state index in [1.807, 2.05) is 18.2 Å². The zero-order valence-corrected chi connectivity index (χ0v) is 22.9. The topological polar surface area (TPSA) is 123 Å². The van der Waals surface area contributed by atoms with E-state index in [0.717, 1.165) is 16.5 Å². The number of hydrogen-bond acceptors (Lipinski definition) is 7. The predicted octanol–water partition coefficient (Wildman–Crippen LogP) is 3.67. The van der Waals surface area contributed by atoms with Crippen molar-refractivity contribution < 1.29 is 18.8 Å². The third-order valence-electron chi connectivity index (χ3n) is 6.48. The lowest BCUT2D eigenvalue weighted by molar-refractivity contribution is -0.137. The molecule has 39 heavy (non-hydrogen) atoms. The molecule has 1 fully saturated rings. The maximum Gasteiger partial charge on any atom is 0.248 e. The molecule has 0 aliphatic carbocycles. The first kappa shape index (κ1) is 26.5. The fraction of sp³-hybridized carbons (Fsp3) is 0.296. The number of anilines is 1. The van der Waals surface area contributed by atoms with Crippen LogP contribution in [-0.4, -0.2) is 66.0 Å². The van der Waals surface area contributed by atoms with Gasteiger partial charge in [-0.05, 0) is 59.6 Å². The van der Waals surface area contributed by atoms with Gasteiger partial charge in [-0.2, -0.15) is 5.10 Å². The Bertz CT molecular complexity index is 1570. The minimum Gasteiger partial charge on any atom is -0.326 e. The Morgan fingerprint density at radius 1 is 1.13 bits per heavy atom. The van der Waals surface area contributed by atoms with Crippen molar-refractivity contribution >= 4 is 50.2 Å². The van der Waals surface area contributed by atoms with E-state index in [1.165, 1.54) is 16.5 Å². The number of carbonyl (C=O) groups is 3. The van der Waals surface area contributed by atoms with Crippen LogP contribution < -0.4 is 5.32 Å². The minimum absolute atomic E-state index is 0.0744. The molecular formula is C27H25BrFN7O3. The number of Topliss-reactive ketones (excluding diaryl/α,β-unsaturated/α-hetero) is 1. The van der Waals surface area contributed by atoms with E-state index in [4.69, 9.17) is 0 Å². The first-order valence-electron chi connectivity index (χ1n) is 12.3. The van der Waals surface area contributed by atoms with Gasteiger partial charge in [-0.1, -0.05) is 12.1 Å². The molecule has 200 valence electrons. The van der Waals surface area contributed by atoms with Crippen LogP contribution in [0.4, 0.5) is 10.2 Å². The lowest BCUT2D eigenvalue weighted by atomic mass is 10.0. The number of ketones is 1. The van der Waals surface area contributed by atoms with Gasteiger partial charge in [-0.15, -0.1) is 0 Å². The molecule has 0 unspecified atom stereocenters. The smallest absolute Gasteiger partial charge is 0.248 e. The van der Waals surface area contributed by atoms with Crippen LogP contribution in [0, 0.1) is 6.92 Å². The van der Waals surface area contributed by atoms with E-state index >= 15 is 0 Å². The number of fused-ring (bicyclic) bond motifs is 1. The van der Waals surface area contributed by atoms with Crippen molar-refractivity contribution in [2.24, 2.45) is 0 Å².